The van der Waals surface area contributed by atoms with E-state index >= 15 is 0 Å². The number of sulfonamides is 1. The highest BCUT2D eigenvalue weighted by Crippen LogP contribution is 2.26. The molecule has 0 spiro atoms. The fraction of sp³-hybridized carbons (Fsp3) is 1.00. The van der Waals surface area contributed by atoms with Crippen LogP contribution in [0.5, 0.6) is 0 Å². The monoisotopic (exact) mass is 234 g/mol. The summed E-state index contributed by atoms with van der Waals surface area (Å²) in [5.41, 5.74) is 5.77. The van der Waals surface area contributed by atoms with Crippen molar-refractivity contribution in [2.45, 2.75) is 45.1 Å². The summed E-state index contributed by atoms with van der Waals surface area (Å²) in [6.07, 6.45) is 3.58. The highest BCUT2D eigenvalue weighted by atomic mass is 32.2. The van der Waals surface area contributed by atoms with Crippen LogP contribution >= 0.6 is 0 Å². The molecule has 0 aromatic rings. The van der Waals surface area contributed by atoms with Crippen molar-refractivity contribution in [3.05, 3.63) is 0 Å². The van der Waals surface area contributed by atoms with Crippen LogP contribution in [0, 0.1) is 0 Å². The summed E-state index contributed by atoms with van der Waals surface area (Å²) in [5.74, 6) is 0.270. The van der Waals surface area contributed by atoms with E-state index < -0.39 is 10.0 Å². The van der Waals surface area contributed by atoms with Crippen molar-refractivity contribution in [3.8, 4) is 0 Å². The molecule has 0 aromatic carbocycles. The Balaban J connectivity index is 2.43. The van der Waals surface area contributed by atoms with Gasteiger partial charge < -0.3 is 5.73 Å². The van der Waals surface area contributed by atoms with Crippen molar-refractivity contribution >= 4 is 10.0 Å². The zero-order valence-electron chi connectivity index (χ0n) is 9.70. The maximum atomic E-state index is 11.7. The maximum Gasteiger partial charge on any atom is 0.214 e. The average Bonchev–Trinajstić information content (AvgIpc) is 2.11. The minimum absolute atomic E-state index is 0.256. The Morgan fingerprint density at radius 1 is 1.27 bits per heavy atom. The van der Waals surface area contributed by atoms with Crippen LogP contribution in [-0.4, -0.2) is 37.1 Å². The molecule has 1 heterocycles. The molecular formula is C10H22N2O2S. The molecule has 0 aromatic heterocycles. The van der Waals surface area contributed by atoms with Crippen LogP contribution in [-0.2, 0) is 10.0 Å². The van der Waals surface area contributed by atoms with E-state index in [-0.39, 0.29) is 11.3 Å². The molecule has 2 N–H and O–H groups in total. The van der Waals surface area contributed by atoms with Crippen molar-refractivity contribution in [1.29, 1.82) is 0 Å². The first-order valence-corrected chi connectivity index (χ1v) is 7.31. The normalized spacial score (nSPS) is 21.3. The number of nitrogens with two attached hydrogens (primary N) is 1. The lowest BCUT2D eigenvalue weighted by atomic mass is 9.89. The third-order valence-corrected chi connectivity index (χ3v) is 4.73. The second-order valence-corrected chi connectivity index (χ2v) is 6.64. The van der Waals surface area contributed by atoms with Crippen molar-refractivity contribution in [3.63, 3.8) is 0 Å². The standard InChI is InChI=1S/C10H22N2O2S/c1-3-5-7-15(13,14)12-8-10(11,9-12)6-4-2/h3-9,11H2,1-2H3. The van der Waals surface area contributed by atoms with Gasteiger partial charge >= 0.3 is 0 Å². The number of nitrogens with zero attached hydrogens (tertiary/aromatic N) is 1. The van der Waals surface area contributed by atoms with Gasteiger partial charge in [0.2, 0.25) is 10.0 Å². The van der Waals surface area contributed by atoms with Gasteiger partial charge in [0.25, 0.3) is 0 Å². The molecule has 0 aliphatic carbocycles. The van der Waals surface area contributed by atoms with Crippen LogP contribution in [0.3, 0.4) is 0 Å². The molecule has 1 fully saturated rings. The molecule has 0 amide bonds. The van der Waals surface area contributed by atoms with Gasteiger partial charge in [0, 0.05) is 18.6 Å². The van der Waals surface area contributed by atoms with Crippen LogP contribution in [0.15, 0.2) is 0 Å². The molecule has 90 valence electrons. The predicted octanol–water partition coefficient (Wildman–Crippen LogP) is 0.930. The van der Waals surface area contributed by atoms with Crippen LogP contribution in [0.4, 0.5) is 0 Å². The second-order valence-electron chi connectivity index (χ2n) is 4.55. The maximum absolute atomic E-state index is 11.7. The molecule has 0 atom stereocenters. The first kappa shape index (κ1) is 12.9. The van der Waals surface area contributed by atoms with E-state index in [9.17, 15) is 8.42 Å². The first-order chi connectivity index (χ1) is 6.93. The summed E-state index contributed by atoms with van der Waals surface area (Å²) in [5, 5.41) is 0. The molecule has 0 radical (unpaired) electrons. The van der Waals surface area contributed by atoms with Gasteiger partial charge in [0.05, 0.1) is 5.75 Å². The van der Waals surface area contributed by atoms with Gasteiger partial charge in [0.15, 0.2) is 0 Å². The van der Waals surface area contributed by atoms with E-state index in [4.69, 9.17) is 5.73 Å². The Kier molecular flexibility index (Phi) is 4.14. The van der Waals surface area contributed by atoms with Gasteiger partial charge in [-0.15, -0.1) is 0 Å². The lowest BCUT2D eigenvalue weighted by Crippen LogP contribution is -2.68. The molecule has 1 rings (SSSR count). The Morgan fingerprint density at radius 3 is 2.33 bits per heavy atom. The van der Waals surface area contributed by atoms with E-state index in [2.05, 4.69) is 6.92 Å². The Morgan fingerprint density at radius 2 is 1.87 bits per heavy atom. The molecule has 1 aliphatic heterocycles. The van der Waals surface area contributed by atoms with Gasteiger partial charge in [-0.05, 0) is 12.8 Å². The molecule has 15 heavy (non-hydrogen) atoms. The number of hydrogen-bond acceptors (Lipinski definition) is 3. The highest BCUT2D eigenvalue weighted by molar-refractivity contribution is 7.89. The van der Waals surface area contributed by atoms with Gasteiger partial charge in [-0.25, -0.2) is 8.42 Å². The Hall–Kier alpha value is -0.130. The van der Waals surface area contributed by atoms with Crippen LogP contribution in [0.1, 0.15) is 39.5 Å². The van der Waals surface area contributed by atoms with Crippen molar-refractivity contribution < 1.29 is 8.42 Å². The van der Waals surface area contributed by atoms with E-state index in [0.29, 0.717) is 13.1 Å². The number of unbranched alkanes of at least 4 members (excludes halogenated alkanes) is 1. The fourth-order valence-electron chi connectivity index (χ4n) is 1.96. The Bertz CT molecular complexity index is 295. The summed E-state index contributed by atoms with van der Waals surface area (Å²) < 4.78 is 25.0. The molecule has 0 unspecified atom stereocenters. The first-order valence-electron chi connectivity index (χ1n) is 5.70. The number of hydrogen-bond donors (Lipinski definition) is 1. The highest BCUT2D eigenvalue weighted by Gasteiger charge is 2.43. The minimum atomic E-state index is -3.02. The smallest absolute Gasteiger partial charge is 0.214 e. The van der Waals surface area contributed by atoms with E-state index in [1.807, 2.05) is 6.92 Å². The molecule has 0 saturated carbocycles. The molecule has 4 nitrogen and oxygen atoms in total. The zero-order chi connectivity index (χ0) is 11.5. The molecule has 0 bridgehead atoms. The topological polar surface area (TPSA) is 63.4 Å². The minimum Gasteiger partial charge on any atom is -0.323 e. The zero-order valence-corrected chi connectivity index (χ0v) is 10.5. The van der Waals surface area contributed by atoms with Crippen LogP contribution in [0.25, 0.3) is 0 Å². The van der Waals surface area contributed by atoms with Gasteiger partial charge in [-0.2, -0.15) is 4.31 Å². The predicted molar refractivity (Wildman–Crippen MR) is 62.1 cm³/mol. The second kappa shape index (κ2) is 4.80. The number of rotatable bonds is 6. The summed E-state index contributed by atoms with van der Waals surface area (Å²) in [6.45, 7) is 5.08. The average molecular weight is 234 g/mol. The summed E-state index contributed by atoms with van der Waals surface area (Å²) in [7, 11) is -3.02. The van der Waals surface area contributed by atoms with Gasteiger partial charge in [0.1, 0.15) is 0 Å². The molecule has 1 saturated heterocycles. The van der Waals surface area contributed by atoms with Crippen molar-refractivity contribution in [1.82, 2.24) is 4.31 Å². The fourth-order valence-corrected chi connectivity index (χ4v) is 3.78. The Labute approximate surface area is 92.9 Å². The van der Waals surface area contributed by atoms with Crippen LogP contribution in [0.2, 0.25) is 0 Å². The van der Waals surface area contributed by atoms with Gasteiger partial charge in [-0.3, -0.25) is 0 Å². The largest absolute Gasteiger partial charge is 0.323 e. The molecular weight excluding hydrogens is 212 g/mol. The van der Waals surface area contributed by atoms with Crippen molar-refractivity contribution in [2.75, 3.05) is 18.8 Å². The summed E-state index contributed by atoms with van der Waals surface area (Å²) >= 11 is 0. The van der Waals surface area contributed by atoms with E-state index in [1.165, 1.54) is 4.31 Å². The summed E-state index contributed by atoms with van der Waals surface area (Å²) in [4.78, 5) is 0. The van der Waals surface area contributed by atoms with Crippen LogP contribution < -0.4 is 5.73 Å². The van der Waals surface area contributed by atoms with E-state index in [0.717, 1.165) is 25.7 Å². The van der Waals surface area contributed by atoms with Gasteiger partial charge in [-0.1, -0.05) is 26.7 Å². The SMILES string of the molecule is CCCCS(=O)(=O)N1CC(N)(CCC)C1. The lowest BCUT2D eigenvalue weighted by molar-refractivity contribution is 0.147. The quantitative estimate of drug-likeness (QED) is 0.743. The lowest BCUT2D eigenvalue weighted by Gasteiger charge is -2.46. The molecule has 1 aliphatic rings. The summed E-state index contributed by atoms with van der Waals surface area (Å²) in [6, 6.07) is 0. The third kappa shape index (κ3) is 3.16. The third-order valence-electron chi connectivity index (χ3n) is 2.88. The van der Waals surface area contributed by atoms with E-state index in [1.54, 1.807) is 0 Å². The molecule has 5 heteroatoms. The van der Waals surface area contributed by atoms with Crippen molar-refractivity contribution in [2.24, 2.45) is 5.73 Å².